The van der Waals surface area contributed by atoms with Gasteiger partial charge in [-0.25, -0.2) is 9.97 Å². The van der Waals surface area contributed by atoms with Crippen molar-refractivity contribution in [1.82, 2.24) is 9.97 Å². The molecule has 3 N–H and O–H groups in total. The summed E-state index contributed by atoms with van der Waals surface area (Å²) in [7, 11) is 0. The topological polar surface area (TPSA) is 98.3 Å². The number of carbonyl (C=O) groups is 1. The van der Waals surface area contributed by atoms with E-state index in [9.17, 15) is 9.90 Å². The summed E-state index contributed by atoms with van der Waals surface area (Å²) in [5, 5.41) is 13.4. The van der Waals surface area contributed by atoms with Gasteiger partial charge in [-0.05, 0) is 35.7 Å². The number of nitrogen functional groups attached to an aromatic ring is 1. The summed E-state index contributed by atoms with van der Waals surface area (Å²) < 4.78 is 5.57. The quantitative estimate of drug-likeness (QED) is 0.346. The Morgan fingerprint density at radius 3 is 2.81 bits per heavy atom. The second kappa shape index (κ2) is 8.48. The maximum Gasteiger partial charge on any atom is 0.190 e. The van der Waals surface area contributed by atoms with Crippen molar-refractivity contribution in [2.45, 2.75) is 24.6 Å². The van der Waals surface area contributed by atoms with Crippen LogP contribution in [0.2, 0.25) is 0 Å². The van der Waals surface area contributed by atoms with E-state index in [1.165, 1.54) is 23.1 Å². The molecule has 0 fully saturated rings. The molecule has 2 heterocycles. The number of fused-ring (bicyclic) bond motifs is 1. The first kappa shape index (κ1) is 18.6. The van der Waals surface area contributed by atoms with Gasteiger partial charge in [0.1, 0.15) is 23.0 Å². The fourth-order valence-electron chi connectivity index (χ4n) is 2.27. The zero-order valence-corrected chi connectivity index (χ0v) is 15.8. The highest BCUT2D eigenvalue weighted by atomic mass is 32.2. The van der Waals surface area contributed by atoms with Gasteiger partial charge >= 0.3 is 0 Å². The number of aromatic nitrogens is 2. The number of thiophene rings is 1. The van der Waals surface area contributed by atoms with Crippen molar-refractivity contribution in [2.24, 2.45) is 0 Å². The molecule has 26 heavy (non-hydrogen) atoms. The minimum absolute atomic E-state index is 0.0926. The predicted octanol–water partition coefficient (Wildman–Crippen LogP) is 3.40. The molecule has 1 atom stereocenters. The van der Waals surface area contributed by atoms with Crippen LogP contribution in [0.3, 0.4) is 0 Å². The molecule has 1 aromatic carbocycles. The summed E-state index contributed by atoms with van der Waals surface area (Å²) in [5.41, 5.74) is 6.58. The van der Waals surface area contributed by atoms with Crippen molar-refractivity contribution in [3.63, 3.8) is 0 Å². The van der Waals surface area contributed by atoms with Gasteiger partial charge in [0.15, 0.2) is 10.9 Å². The van der Waals surface area contributed by atoms with Crippen molar-refractivity contribution < 1.29 is 14.6 Å². The molecule has 0 amide bonds. The van der Waals surface area contributed by atoms with Crippen molar-refractivity contribution >= 4 is 44.9 Å². The molecule has 2 aromatic heterocycles. The lowest BCUT2D eigenvalue weighted by molar-refractivity contribution is 0.0987. The second-order valence-electron chi connectivity index (χ2n) is 5.61. The molecule has 0 bridgehead atoms. The highest BCUT2D eigenvalue weighted by Gasteiger charge is 2.11. The molecular weight excluding hydrogens is 370 g/mol. The van der Waals surface area contributed by atoms with Gasteiger partial charge in [-0.1, -0.05) is 18.7 Å². The van der Waals surface area contributed by atoms with Crippen molar-refractivity contribution in [3.05, 3.63) is 41.3 Å². The van der Waals surface area contributed by atoms with Crippen LogP contribution in [-0.4, -0.2) is 39.3 Å². The summed E-state index contributed by atoms with van der Waals surface area (Å²) in [6.07, 6.45) is -0.208. The third kappa shape index (κ3) is 4.51. The van der Waals surface area contributed by atoms with Crippen LogP contribution in [-0.2, 0) is 0 Å². The Bertz CT molecular complexity index is 896. The minimum atomic E-state index is -0.680. The summed E-state index contributed by atoms with van der Waals surface area (Å²) in [6.45, 7) is 1.97. The molecule has 0 spiro atoms. The number of benzene rings is 1. The summed E-state index contributed by atoms with van der Waals surface area (Å²) in [5.74, 6) is 1.55. The molecule has 0 aliphatic carbocycles. The molecule has 0 radical (unpaired) electrons. The number of carbonyl (C=O) groups excluding carboxylic acids is 1. The number of ketones is 1. The van der Waals surface area contributed by atoms with Crippen molar-refractivity contribution in [3.8, 4) is 5.75 Å². The Kier molecular flexibility index (Phi) is 6.08. The molecule has 0 saturated carbocycles. The van der Waals surface area contributed by atoms with E-state index in [1.54, 1.807) is 24.3 Å². The lowest BCUT2D eigenvalue weighted by Gasteiger charge is -2.12. The van der Waals surface area contributed by atoms with Crippen LogP contribution in [0, 0.1) is 0 Å². The Morgan fingerprint density at radius 2 is 2.08 bits per heavy atom. The van der Waals surface area contributed by atoms with E-state index >= 15 is 0 Å². The van der Waals surface area contributed by atoms with E-state index in [1.807, 2.05) is 18.4 Å². The lowest BCUT2D eigenvalue weighted by atomic mass is 10.1. The average Bonchev–Trinajstić information content (AvgIpc) is 3.13. The van der Waals surface area contributed by atoms with E-state index in [0.29, 0.717) is 34.5 Å². The maximum absolute atomic E-state index is 11.6. The largest absolute Gasteiger partial charge is 0.491 e. The zero-order valence-electron chi connectivity index (χ0n) is 14.2. The number of rotatable bonds is 8. The third-order valence-electron chi connectivity index (χ3n) is 3.68. The molecule has 3 aromatic rings. The number of anilines is 1. The van der Waals surface area contributed by atoms with E-state index in [-0.39, 0.29) is 12.4 Å². The van der Waals surface area contributed by atoms with E-state index in [0.717, 1.165) is 10.2 Å². The Morgan fingerprint density at radius 1 is 1.31 bits per heavy atom. The smallest absolute Gasteiger partial charge is 0.190 e. The van der Waals surface area contributed by atoms with Gasteiger partial charge < -0.3 is 15.6 Å². The number of thioether (sulfide) groups is 1. The van der Waals surface area contributed by atoms with Gasteiger partial charge in [-0.3, -0.25) is 4.79 Å². The number of nitrogens with two attached hydrogens (primary N) is 1. The molecule has 8 heteroatoms. The number of hydrogen-bond acceptors (Lipinski definition) is 8. The first-order valence-corrected chi connectivity index (χ1v) is 10.0. The molecule has 0 saturated heterocycles. The normalized spacial score (nSPS) is 12.2. The first-order chi connectivity index (χ1) is 12.6. The first-order valence-electron chi connectivity index (χ1n) is 8.14. The van der Waals surface area contributed by atoms with Crippen molar-refractivity contribution in [1.29, 1.82) is 0 Å². The number of hydrogen-bond donors (Lipinski definition) is 2. The number of nitrogens with zero attached hydrogens (tertiary/aromatic N) is 2. The number of aliphatic hydroxyl groups excluding tert-OH is 1. The van der Waals surface area contributed by atoms with Crippen LogP contribution in [0.15, 0.2) is 40.9 Å². The van der Waals surface area contributed by atoms with E-state index in [2.05, 4.69) is 9.97 Å². The molecule has 1 unspecified atom stereocenters. The van der Waals surface area contributed by atoms with Crippen LogP contribution in [0.4, 0.5) is 5.82 Å². The molecule has 0 aliphatic heterocycles. The summed E-state index contributed by atoms with van der Waals surface area (Å²) in [4.78, 5) is 21.1. The molecular formula is C18H19N3O3S2. The predicted molar refractivity (Wildman–Crippen MR) is 105 cm³/mol. The molecule has 6 nitrogen and oxygen atoms in total. The fourth-order valence-corrected chi connectivity index (χ4v) is 3.86. The highest BCUT2D eigenvalue weighted by molar-refractivity contribution is 7.99. The fraction of sp³-hybridized carbons (Fsp3) is 0.278. The maximum atomic E-state index is 11.6. The number of aliphatic hydroxyl groups is 1. The Balaban J connectivity index is 1.50. The molecule has 0 aliphatic rings. The minimum Gasteiger partial charge on any atom is -0.491 e. The monoisotopic (exact) mass is 389 g/mol. The standard InChI is InChI=1S/C18H19N3O3S2/c1-2-15(23)11-3-5-13(6-4-11)24-9-12(22)10-26-18-20-16(19)14-7-8-25-17(14)21-18/h3-8,12,22H,2,9-10H2,1H3,(H2,19,20,21). The molecule has 136 valence electrons. The average molecular weight is 390 g/mol. The Labute approximate surface area is 159 Å². The van der Waals surface area contributed by atoms with Crippen LogP contribution < -0.4 is 10.5 Å². The van der Waals surface area contributed by atoms with Crippen LogP contribution in [0.5, 0.6) is 5.75 Å². The highest BCUT2D eigenvalue weighted by Crippen LogP contribution is 2.26. The lowest BCUT2D eigenvalue weighted by Crippen LogP contribution is -2.20. The number of Topliss-reactive ketones (excluding diaryl/α,β-unsaturated/α-hetero) is 1. The zero-order chi connectivity index (χ0) is 18.5. The SMILES string of the molecule is CCC(=O)c1ccc(OCC(O)CSc2nc(N)c3ccsc3n2)cc1. The molecule has 3 rings (SSSR count). The van der Waals surface area contributed by atoms with Crippen LogP contribution in [0.25, 0.3) is 10.2 Å². The van der Waals surface area contributed by atoms with Crippen LogP contribution in [0.1, 0.15) is 23.7 Å². The number of ether oxygens (including phenoxy) is 1. The van der Waals surface area contributed by atoms with Crippen LogP contribution >= 0.6 is 23.1 Å². The van der Waals surface area contributed by atoms with Gasteiger partial charge in [0.2, 0.25) is 0 Å². The van der Waals surface area contributed by atoms with Crippen molar-refractivity contribution in [2.75, 3.05) is 18.1 Å². The third-order valence-corrected chi connectivity index (χ3v) is 5.48. The van der Waals surface area contributed by atoms with E-state index in [4.69, 9.17) is 10.5 Å². The van der Waals surface area contributed by atoms with Gasteiger partial charge in [0, 0.05) is 17.7 Å². The second-order valence-corrected chi connectivity index (χ2v) is 7.49. The summed E-state index contributed by atoms with van der Waals surface area (Å²) >= 11 is 2.84. The van der Waals surface area contributed by atoms with Gasteiger partial charge in [-0.15, -0.1) is 11.3 Å². The Hall–Kier alpha value is -2.16. The van der Waals surface area contributed by atoms with Gasteiger partial charge in [-0.2, -0.15) is 0 Å². The van der Waals surface area contributed by atoms with Gasteiger partial charge in [0.05, 0.1) is 11.5 Å². The summed E-state index contributed by atoms with van der Waals surface area (Å²) in [6, 6.07) is 8.82. The van der Waals surface area contributed by atoms with E-state index < -0.39 is 6.10 Å². The van der Waals surface area contributed by atoms with Gasteiger partial charge in [0.25, 0.3) is 0 Å².